The third-order valence-corrected chi connectivity index (χ3v) is 12.8. The highest BCUT2D eigenvalue weighted by Gasteiger charge is 2.41. The minimum atomic E-state index is -0.287. The van der Waals surface area contributed by atoms with Gasteiger partial charge in [-0.05, 0) is 109 Å². The van der Waals surface area contributed by atoms with Crippen LogP contribution in [0.2, 0.25) is 0 Å². The second-order valence-corrected chi connectivity index (χ2v) is 15.9. The van der Waals surface area contributed by atoms with Crippen molar-refractivity contribution in [1.29, 1.82) is 0 Å². The summed E-state index contributed by atoms with van der Waals surface area (Å²) in [6.45, 7) is 7.31. The molecule has 0 aromatic heterocycles. The van der Waals surface area contributed by atoms with Crippen LogP contribution >= 0.6 is 0 Å². The summed E-state index contributed by atoms with van der Waals surface area (Å²) in [7, 11) is 0. The van der Waals surface area contributed by atoms with Gasteiger partial charge in [-0.25, -0.2) is 0 Å². The smallest absolute Gasteiger partial charge is 0.261 e. The minimum absolute atomic E-state index is 0.0283. The van der Waals surface area contributed by atoms with Crippen molar-refractivity contribution in [2.45, 2.75) is 56.4 Å². The lowest BCUT2D eigenvalue weighted by molar-refractivity contribution is -0.123. The molecule has 4 aliphatic heterocycles. The highest BCUT2D eigenvalue weighted by atomic mass is 16.3. The summed E-state index contributed by atoms with van der Waals surface area (Å²) in [6, 6.07) is 31.6. The van der Waals surface area contributed by atoms with Gasteiger partial charge in [0.2, 0.25) is 5.91 Å². The van der Waals surface area contributed by atoms with Gasteiger partial charge in [0, 0.05) is 76.1 Å². The Morgan fingerprint density at radius 3 is 2.11 bits per heavy atom. The van der Waals surface area contributed by atoms with Gasteiger partial charge in [0.05, 0.1) is 17.2 Å². The fraction of sp³-hybridized carbons (Fsp3) is 0.400. The van der Waals surface area contributed by atoms with Crippen LogP contribution in [0.1, 0.15) is 86.9 Å². The Morgan fingerprint density at radius 1 is 0.648 bits per heavy atom. The number of hydrogen-bond donors (Lipinski definition) is 2. The topological polar surface area (TPSA) is 96.4 Å². The lowest BCUT2D eigenvalue weighted by atomic mass is 9.69. The molecule has 0 saturated carbocycles. The summed E-state index contributed by atoms with van der Waals surface area (Å²) in [5, 5.41) is 13.0. The Balaban J connectivity index is 0.786. The molecule has 0 radical (unpaired) electrons. The second kappa shape index (κ2) is 14.6. The number of benzene rings is 4. The van der Waals surface area contributed by atoms with Gasteiger partial charge in [-0.1, -0.05) is 48.5 Å². The molecule has 0 spiro atoms. The van der Waals surface area contributed by atoms with Gasteiger partial charge in [-0.15, -0.1) is 0 Å². The SMILES string of the molecule is O=C1CCC(N2C(=O)c3ccc(N4CCN(CC5CCN(c6ccc([C@@H]7c8ccc(O)cc8CC[C@@H]7c7ccccc7)cc6)CC5)CC4)cc3C2=O)CN1. The predicted octanol–water partition coefficient (Wildman–Crippen LogP) is 6.17. The molecule has 0 bridgehead atoms. The Kier molecular flexibility index (Phi) is 9.35. The van der Waals surface area contributed by atoms with Crippen molar-refractivity contribution >= 4 is 29.1 Å². The van der Waals surface area contributed by atoms with E-state index < -0.39 is 0 Å². The van der Waals surface area contributed by atoms with Gasteiger partial charge in [0.15, 0.2) is 0 Å². The van der Waals surface area contributed by atoms with Crippen LogP contribution in [0.15, 0.2) is 91.0 Å². The Labute approximate surface area is 317 Å². The summed E-state index contributed by atoms with van der Waals surface area (Å²) in [4.78, 5) is 47.0. The van der Waals surface area contributed by atoms with E-state index in [9.17, 15) is 19.5 Å². The fourth-order valence-corrected chi connectivity index (χ4v) is 9.81. The number of carbonyl (C=O) groups is 3. The van der Waals surface area contributed by atoms with Crippen LogP contribution in [0.5, 0.6) is 5.75 Å². The van der Waals surface area contributed by atoms with E-state index in [1.165, 1.54) is 45.7 Å². The molecule has 3 amide bonds. The van der Waals surface area contributed by atoms with Crippen LogP contribution in [0.25, 0.3) is 0 Å². The number of aryl methyl sites for hydroxylation is 1. The zero-order chi connectivity index (χ0) is 36.8. The molecule has 4 heterocycles. The molecule has 9 heteroatoms. The summed E-state index contributed by atoms with van der Waals surface area (Å²) >= 11 is 0. The van der Waals surface area contributed by atoms with Crippen LogP contribution in [0.4, 0.5) is 11.4 Å². The van der Waals surface area contributed by atoms with E-state index in [4.69, 9.17) is 0 Å². The van der Waals surface area contributed by atoms with Gasteiger partial charge < -0.3 is 20.2 Å². The van der Waals surface area contributed by atoms with Crippen molar-refractivity contribution in [2.75, 3.05) is 62.2 Å². The highest BCUT2D eigenvalue weighted by molar-refractivity contribution is 6.22. The lowest BCUT2D eigenvalue weighted by Gasteiger charge is -2.40. The number of anilines is 2. The summed E-state index contributed by atoms with van der Waals surface area (Å²) < 4.78 is 0. The monoisotopic (exact) mass is 723 g/mol. The van der Waals surface area contributed by atoms with Crippen LogP contribution in [-0.2, 0) is 11.2 Å². The van der Waals surface area contributed by atoms with Gasteiger partial charge in [-0.3, -0.25) is 24.2 Å². The second-order valence-electron chi connectivity index (χ2n) is 15.9. The summed E-state index contributed by atoms with van der Waals surface area (Å²) in [5.41, 5.74) is 8.56. The molecule has 3 fully saturated rings. The van der Waals surface area contributed by atoms with Crippen molar-refractivity contribution in [1.82, 2.24) is 15.1 Å². The molecule has 1 unspecified atom stereocenters. The molecule has 4 aromatic carbocycles. The first kappa shape index (κ1) is 34.6. The Morgan fingerprint density at radius 2 is 1.37 bits per heavy atom. The molecule has 4 aromatic rings. The van der Waals surface area contributed by atoms with Crippen molar-refractivity contribution < 1.29 is 19.5 Å². The molecule has 3 saturated heterocycles. The first-order valence-electron chi connectivity index (χ1n) is 19.9. The number of phenolic OH excluding ortho intramolecular Hbond substituents is 1. The van der Waals surface area contributed by atoms with E-state index in [0.29, 0.717) is 48.1 Å². The van der Waals surface area contributed by atoms with Gasteiger partial charge in [0.25, 0.3) is 11.8 Å². The molecule has 3 atom stereocenters. The van der Waals surface area contributed by atoms with Crippen molar-refractivity contribution in [3.63, 3.8) is 0 Å². The van der Waals surface area contributed by atoms with Crippen molar-refractivity contribution in [3.05, 3.63) is 124 Å². The Hall–Kier alpha value is -5.15. The van der Waals surface area contributed by atoms with E-state index in [-0.39, 0.29) is 29.7 Å². The lowest BCUT2D eigenvalue weighted by Crippen LogP contribution is -2.50. The average molecular weight is 724 g/mol. The number of hydrogen-bond acceptors (Lipinski definition) is 7. The molecular formula is C45H49N5O4. The third kappa shape index (κ3) is 6.63. The maximum atomic E-state index is 13.4. The molecule has 54 heavy (non-hydrogen) atoms. The number of piperidine rings is 2. The van der Waals surface area contributed by atoms with E-state index in [1.807, 2.05) is 30.3 Å². The van der Waals surface area contributed by atoms with Gasteiger partial charge >= 0.3 is 0 Å². The zero-order valence-electron chi connectivity index (χ0n) is 30.8. The molecule has 278 valence electrons. The number of nitrogens with one attached hydrogen (secondary N) is 1. The van der Waals surface area contributed by atoms with Crippen LogP contribution in [0, 0.1) is 5.92 Å². The number of phenols is 1. The van der Waals surface area contributed by atoms with E-state index in [0.717, 1.165) is 64.3 Å². The highest BCUT2D eigenvalue weighted by Crippen LogP contribution is 2.47. The normalized spacial score (nSPS) is 23.7. The molecule has 2 N–H and O–H groups in total. The maximum absolute atomic E-state index is 13.4. The van der Waals surface area contributed by atoms with Crippen LogP contribution < -0.4 is 15.1 Å². The number of imide groups is 1. The first-order chi connectivity index (χ1) is 26.4. The number of carbonyl (C=O) groups excluding carboxylic acids is 3. The van der Waals surface area contributed by atoms with Crippen molar-refractivity contribution in [2.24, 2.45) is 5.92 Å². The third-order valence-electron chi connectivity index (χ3n) is 12.8. The fourth-order valence-electron chi connectivity index (χ4n) is 9.81. The predicted molar refractivity (Wildman–Crippen MR) is 210 cm³/mol. The number of amides is 3. The minimum Gasteiger partial charge on any atom is -0.508 e. The Bertz CT molecular complexity index is 2020. The largest absolute Gasteiger partial charge is 0.508 e. The number of nitrogens with zero attached hydrogens (tertiary/aromatic N) is 4. The van der Waals surface area contributed by atoms with E-state index >= 15 is 0 Å². The standard InChI is InChI=1S/C45H49N5O4/c51-37-13-16-39-33(26-37)8-14-38(31-4-2-1-3-5-31)43(39)32-6-9-34(10-7-32)48-20-18-30(19-21-48)29-47-22-24-49(25-23-47)35-11-15-40-41(27-35)45(54)50(44(40)53)36-12-17-42(52)46-28-36/h1-7,9-11,13,15-16,26-27,30,36,38,43,51H,8,12,14,17-25,28-29H2,(H,46,52)/t36?,38-,43+/m1/s1. The van der Waals surface area contributed by atoms with Gasteiger partial charge in [0.1, 0.15) is 5.75 Å². The molecule has 5 aliphatic rings. The molecule has 1 aliphatic carbocycles. The zero-order valence-corrected chi connectivity index (χ0v) is 30.8. The molecule has 9 rings (SSSR count). The van der Waals surface area contributed by atoms with E-state index in [2.05, 4.69) is 80.7 Å². The summed E-state index contributed by atoms with van der Waals surface area (Å²) in [6.07, 6.45) is 5.25. The summed E-state index contributed by atoms with van der Waals surface area (Å²) in [5.74, 6) is 1.16. The van der Waals surface area contributed by atoms with E-state index in [1.54, 1.807) is 0 Å². The molecule has 9 nitrogen and oxygen atoms in total. The average Bonchev–Trinajstić information content (AvgIpc) is 3.46. The maximum Gasteiger partial charge on any atom is 0.261 e. The first-order valence-corrected chi connectivity index (χ1v) is 19.9. The number of fused-ring (bicyclic) bond motifs is 2. The number of piperazine rings is 1. The molecular weight excluding hydrogens is 675 g/mol. The quantitative estimate of drug-likeness (QED) is 0.221. The number of rotatable bonds is 7. The van der Waals surface area contributed by atoms with Crippen molar-refractivity contribution in [3.8, 4) is 5.75 Å². The van der Waals surface area contributed by atoms with Gasteiger partial charge in [-0.2, -0.15) is 0 Å². The van der Waals surface area contributed by atoms with Crippen LogP contribution in [0.3, 0.4) is 0 Å². The van der Waals surface area contributed by atoms with Crippen LogP contribution in [-0.4, -0.2) is 91.0 Å². The number of aromatic hydroxyl groups is 1.